The number of aryl methyl sites for hydroxylation is 3. The molecule has 678 valence electrons. The standard InChI is InChI=1S/C28H41N3O.C26H34F3N3O.C26H37N3O.C25H34ClN3O/c1-6-10-22(2)30-19-17-26(18-20-30)31(21-23-11-8-7-9-12-23)27(32)29-25-15-13-24(14-16-25)28(3,4)5;1-2-3-4-8-16-31-17-14-24(15-18-31)32(20-21-10-6-5-7-11-21)25(33)30-23-13-9-12-22(19-23)26(27,28)29;1-5-9-22(4)28-14-12-25(13-15-28)29(19-23-10-7-6-8-11-23)26(30)27-24-17-20(2)16-21(3)18-24;1-4-8-20(3)28-13-11-24(12-14-28)29(18-21-9-6-5-7-10-21)25(30)27-23-16-19(2)15-22(26)17-23/h7-9,11-16,22,26H,6,10,17-21H2,1-5H3,(H,29,32);5-7,9-13,19,24H,2-4,8,14-18,20H2,1H3,(H,30,33);6-8,10-11,16-18,22,25H,5,9,12-15,19H2,1-4H3,(H,27,30);5-7,9-10,15-17,20,24H,4,8,11-14,18H2,1-3H3,(H,27,30). The molecule has 0 radical (unpaired) electrons. The SMILES string of the molecule is CCCC(C)N1CCC(N(Cc2ccccc2)C(=O)Nc2cc(C)cc(C)c2)CC1.CCCC(C)N1CCC(N(Cc2ccccc2)C(=O)Nc2cc(C)cc(Cl)c2)CC1.CCCC(C)N1CCC(N(Cc2ccccc2)C(=O)Nc2ccc(C(C)(C)C)cc2)CC1.CCCCCCN1CCC(N(Cc2ccccc2)C(=O)Nc2cccc(C(F)(F)F)c2)CC1. The maximum atomic E-state index is 13.4. The summed E-state index contributed by atoms with van der Waals surface area (Å²) in [6, 6.07) is 67.8. The third kappa shape index (κ3) is 33.2. The van der Waals surface area contributed by atoms with E-state index in [1.54, 1.807) is 4.90 Å². The van der Waals surface area contributed by atoms with Gasteiger partial charge in [0.15, 0.2) is 0 Å². The molecule has 3 unspecified atom stereocenters. The smallest absolute Gasteiger partial charge is 0.317 e. The maximum absolute atomic E-state index is 13.4. The fourth-order valence-electron chi connectivity index (χ4n) is 18.0. The number of alkyl halides is 3. The van der Waals surface area contributed by atoms with E-state index in [9.17, 15) is 32.3 Å². The molecular weight excluding hydrogens is 1590 g/mol. The van der Waals surface area contributed by atoms with Gasteiger partial charge in [-0.05, 0) is 236 Å². The summed E-state index contributed by atoms with van der Waals surface area (Å²) in [6.07, 6.45) is 15.7. The van der Waals surface area contributed by atoms with Crippen molar-refractivity contribution in [3.05, 3.63) is 261 Å². The lowest BCUT2D eigenvalue weighted by atomic mass is 9.87. The van der Waals surface area contributed by atoms with Gasteiger partial charge in [0.1, 0.15) is 0 Å². The second-order valence-electron chi connectivity index (χ2n) is 36.3. The predicted octanol–water partition coefficient (Wildman–Crippen LogP) is 25.8. The van der Waals surface area contributed by atoms with Crippen LogP contribution < -0.4 is 21.3 Å². The molecule has 8 aromatic rings. The Morgan fingerprint density at radius 2 is 0.696 bits per heavy atom. The molecule has 8 amide bonds. The van der Waals surface area contributed by atoms with Crippen LogP contribution in [-0.4, -0.2) is 165 Å². The van der Waals surface area contributed by atoms with Gasteiger partial charge in [-0.15, -0.1) is 0 Å². The van der Waals surface area contributed by atoms with Gasteiger partial charge in [-0.3, -0.25) is 0 Å². The molecule has 0 bridgehead atoms. The molecular formula is C105H146ClF3N12O4. The largest absolute Gasteiger partial charge is 0.416 e. The molecule has 0 aromatic heterocycles. The van der Waals surface area contributed by atoms with Crippen molar-refractivity contribution in [3.8, 4) is 0 Å². The summed E-state index contributed by atoms with van der Waals surface area (Å²) >= 11 is 6.19. The van der Waals surface area contributed by atoms with Crippen LogP contribution in [0.15, 0.2) is 206 Å². The van der Waals surface area contributed by atoms with E-state index in [1.807, 2.05) is 139 Å². The Morgan fingerprint density at radius 1 is 0.368 bits per heavy atom. The van der Waals surface area contributed by atoms with Crippen molar-refractivity contribution in [2.45, 2.75) is 286 Å². The molecule has 20 heteroatoms. The summed E-state index contributed by atoms with van der Waals surface area (Å²) in [5.41, 5.74) is 11.1. The van der Waals surface area contributed by atoms with E-state index in [1.165, 1.54) is 93.0 Å². The minimum atomic E-state index is -4.45. The number of hydrogen-bond acceptors (Lipinski definition) is 8. The summed E-state index contributed by atoms with van der Waals surface area (Å²) in [7, 11) is 0. The molecule has 16 nitrogen and oxygen atoms in total. The van der Waals surface area contributed by atoms with Crippen molar-refractivity contribution in [2.24, 2.45) is 0 Å². The lowest BCUT2D eigenvalue weighted by Gasteiger charge is -2.40. The van der Waals surface area contributed by atoms with Gasteiger partial charge >= 0.3 is 30.3 Å². The molecule has 0 spiro atoms. The quantitative estimate of drug-likeness (QED) is 0.0326. The highest BCUT2D eigenvalue weighted by molar-refractivity contribution is 6.31. The molecule has 8 aromatic carbocycles. The number of amides is 8. The van der Waals surface area contributed by atoms with Crippen molar-refractivity contribution < 1.29 is 32.3 Å². The van der Waals surface area contributed by atoms with Gasteiger partial charge in [0, 0.05) is 149 Å². The van der Waals surface area contributed by atoms with Crippen LogP contribution in [0.5, 0.6) is 0 Å². The first kappa shape index (κ1) is 99.5. The molecule has 4 N–H and O–H groups in total. The lowest BCUT2D eigenvalue weighted by Crippen LogP contribution is -2.50. The maximum Gasteiger partial charge on any atom is 0.416 e. The van der Waals surface area contributed by atoms with Gasteiger partial charge in [-0.2, -0.15) is 13.2 Å². The van der Waals surface area contributed by atoms with Crippen LogP contribution in [0.1, 0.15) is 235 Å². The molecule has 3 atom stereocenters. The minimum Gasteiger partial charge on any atom is -0.317 e. The second kappa shape index (κ2) is 50.9. The van der Waals surface area contributed by atoms with Crippen molar-refractivity contribution in [1.82, 2.24) is 39.2 Å². The Kier molecular flexibility index (Phi) is 40.6. The average Bonchev–Trinajstić information content (AvgIpc) is 0.840. The molecule has 4 aliphatic rings. The summed E-state index contributed by atoms with van der Waals surface area (Å²) < 4.78 is 39.2. The van der Waals surface area contributed by atoms with E-state index in [4.69, 9.17) is 11.6 Å². The third-order valence-electron chi connectivity index (χ3n) is 25.2. The predicted molar refractivity (Wildman–Crippen MR) is 513 cm³/mol. The molecule has 0 saturated carbocycles. The van der Waals surface area contributed by atoms with Crippen LogP contribution in [0.4, 0.5) is 55.1 Å². The number of anilines is 4. The van der Waals surface area contributed by atoms with Gasteiger partial charge in [0.05, 0.1) is 5.56 Å². The Bertz CT molecular complexity index is 4290. The zero-order valence-electron chi connectivity index (χ0n) is 77.3. The summed E-state index contributed by atoms with van der Waals surface area (Å²) in [5, 5.41) is 12.8. The van der Waals surface area contributed by atoms with Crippen LogP contribution in [0.2, 0.25) is 5.02 Å². The number of carbonyl (C=O) groups is 4. The van der Waals surface area contributed by atoms with E-state index >= 15 is 0 Å². The number of carbonyl (C=O) groups excluding carboxylic acids is 4. The first-order valence-corrected chi connectivity index (χ1v) is 47.0. The Labute approximate surface area is 752 Å². The summed E-state index contributed by atoms with van der Waals surface area (Å²) in [5.74, 6) is 0. The normalized spacial score (nSPS) is 16.1. The fraction of sp³-hybridized carbons (Fsp3) is 0.505. The topological polar surface area (TPSA) is 142 Å². The van der Waals surface area contributed by atoms with Crippen molar-refractivity contribution >= 4 is 58.5 Å². The number of piperidine rings is 4. The number of hydrogen-bond donors (Lipinski definition) is 4. The minimum absolute atomic E-state index is 0.00239. The Balaban J connectivity index is 0.000000189. The van der Waals surface area contributed by atoms with Gasteiger partial charge < -0.3 is 60.5 Å². The highest BCUT2D eigenvalue weighted by Gasteiger charge is 2.36. The number of halogens is 4. The van der Waals surface area contributed by atoms with Crippen LogP contribution in [0.25, 0.3) is 0 Å². The van der Waals surface area contributed by atoms with Crippen LogP contribution in [0, 0.1) is 20.8 Å². The van der Waals surface area contributed by atoms with Gasteiger partial charge in [0.2, 0.25) is 0 Å². The number of unbranched alkanes of at least 4 members (excludes halogenated alkanes) is 3. The third-order valence-corrected chi connectivity index (χ3v) is 25.4. The molecule has 4 aliphatic heterocycles. The molecule has 0 aliphatic carbocycles. The van der Waals surface area contributed by atoms with E-state index in [2.05, 4.69) is 188 Å². The second-order valence-corrected chi connectivity index (χ2v) is 36.8. The van der Waals surface area contributed by atoms with Gasteiger partial charge in [-0.25, -0.2) is 19.2 Å². The molecule has 125 heavy (non-hydrogen) atoms. The van der Waals surface area contributed by atoms with Gasteiger partial charge in [-0.1, -0.05) is 244 Å². The fourth-order valence-corrected chi connectivity index (χ4v) is 18.3. The number of nitrogens with one attached hydrogen (secondary N) is 4. The lowest BCUT2D eigenvalue weighted by molar-refractivity contribution is -0.137. The first-order chi connectivity index (χ1) is 60.1. The number of nitrogens with zero attached hydrogens (tertiary/aromatic N) is 8. The average molecular weight is 1730 g/mol. The van der Waals surface area contributed by atoms with Crippen LogP contribution in [-0.2, 0) is 37.8 Å². The van der Waals surface area contributed by atoms with Crippen LogP contribution >= 0.6 is 11.6 Å². The molecule has 4 saturated heterocycles. The van der Waals surface area contributed by atoms with E-state index < -0.39 is 11.7 Å². The molecule has 12 rings (SSSR count). The number of rotatable bonds is 30. The molecule has 4 heterocycles. The highest BCUT2D eigenvalue weighted by Crippen LogP contribution is 2.34. The summed E-state index contributed by atoms with van der Waals surface area (Å²) in [6.45, 7) is 40.3. The zero-order chi connectivity index (χ0) is 89.8. The number of likely N-dealkylation sites (tertiary alicyclic amines) is 4. The number of benzene rings is 8. The Morgan fingerprint density at radius 3 is 1.02 bits per heavy atom. The highest BCUT2D eigenvalue weighted by atomic mass is 35.5. The Hall–Kier alpha value is -9.24. The van der Waals surface area contributed by atoms with Crippen molar-refractivity contribution in [1.29, 1.82) is 0 Å². The van der Waals surface area contributed by atoms with E-state index in [0.717, 1.165) is 167 Å². The molecule has 4 fully saturated rings. The summed E-state index contributed by atoms with van der Waals surface area (Å²) in [4.78, 5) is 71.4. The van der Waals surface area contributed by atoms with Crippen molar-refractivity contribution in [3.63, 3.8) is 0 Å². The van der Waals surface area contributed by atoms with E-state index in [-0.39, 0.29) is 59.4 Å². The van der Waals surface area contributed by atoms with Crippen LogP contribution in [0.3, 0.4) is 0 Å². The number of urea groups is 4. The first-order valence-electron chi connectivity index (χ1n) is 46.6. The zero-order valence-corrected chi connectivity index (χ0v) is 78.1. The van der Waals surface area contributed by atoms with Crippen molar-refractivity contribution in [2.75, 3.05) is 80.2 Å². The monoisotopic (exact) mass is 1730 g/mol. The van der Waals surface area contributed by atoms with E-state index in [0.29, 0.717) is 49.3 Å². The van der Waals surface area contributed by atoms with Gasteiger partial charge in [0.25, 0.3) is 0 Å².